The Morgan fingerprint density at radius 1 is 0.646 bits per heavy atom. The van der Waals surface area contributed by atoms with Crippen molar-refractivity contribution in [3.63, 3.8) is 0 Å². The van der Waals surface area contributed by atoms with Gasteiger partial charge in [-0.25, -0.2) is 0 Å². The minimum Gasteiger partial charge on any atom is -0.368 e. The lowest BCUT2D eigenvalue weighted by molar-refractivity contribution is -0.139. The molecule has 3 unspecified atom stereocenters. The third-order valence-corrected chi connectivity index (χ3v) is 9.76. The Morgan fingerprint density at radius 2 is 1.08 bits per heavy atom. The second-order valence-corrected chi connectivity index (χ2v) is 14.3. The first-order valence-electron chi connectivity index (χ1n) is 19.9. The van der Waals surface area contributed by atoms with Gasteiger partial charge in [-0.1, -0.05) is 156 Å². The lowest BCUT2D eigenvalue weighted by atomic mass is 10.0. The zero-order chi connectivity index (χ0) is 35.4. The Kier molecular flexibility index (Phi) is 25.8. The third kappa shape index (κ3) is 20.8. The Morgan fingerprint density at radius 3 is 1.52 bits per heavy atom. The number of rotatable bonds is 32. The first-order valence-corrected chi connectivity index (χ1v) is 19.9. The lowest BCUT2D eigenvalue weighted by Gasteiger charge is -2.22. The van der Waals surface area contributed by atoms with Crippen LogP contribution in [-0.4, -0.2) is 53.1 Å². The number of nitrogens with two attached hydrogens (primary N) is 1. The molecule has 0 radical (unpaired) electrons. The summed E-state index contributed by atoms with van der Waals surface area (Å²) in [6.07, 6.45) is 27.2. The van der Waals surface area contributed by atoms with Gasteiger partial charge in [-0.2, -0.15) is 0 Å². The van der Waals surface area contributed by atoms with Crippen LogP contribution in [0.2, 0.25) is 0 Å². The molecule has 1 aliphatic rings. The molecular weight excluding hydrogens is 604 g/mol. The zero-order valence-corrected chi connectivity index (χ0v) is 31.1. The van der Waals surface area contributed by atoms with E-state index in [2.05, 4.69) is 24.5 Å². The number of amides is 5. The summed E-state index contributed by atoms with van der Waals surface area (Å²) in [4.78, 5) is 64.0. The standard InChI is InChI=1S/C39H72N4O5/c1-4-6-8-10-12-14-16-18-20-23-27-33(37(40)46)42-38(47)34(28-24-21-19-17-15-13-11-9-7-5-2)41-35(44)29-25-22-26-30-43-36(45)31-32(3)39(43)48/h32-34H,4-31H2,1-3H3,(H2,40,46)(H,41,44)(H,42,47). The number of primary amides is 1. The maximum Gasteiger partial charge on any atom is 0.243 e. The van der Waals surface area contributed by atoms with Gasteiger partial charge in [0.2, 0.25) is 29.5 Å². The molecule has 0 bridgehead atoms. The Balaban J connectivity index is 2.51. The van der Waals surface area contributed by atoms with Gasteiger partial charge in [0.05, 0.1) is 0 Å². The highest BCUT2D eigenvalue weighted by molar-refractivity contribution is 6.03. The number of likely N-dealkylation sites (tertiary alicyclic amines) is 1. The van der Waals surface area contributed by atoms with Crippen LogP contribution in [0, 0.1) is 5.92 Å². The number of nitrogens with zero attached hydrogens (tertiary/aromatic N) is 1. The van der Waals surface area contributed by atoms with Crippen LogP contribution in [0.25, 0.3) is 0 Å². The minimum absolute atomic E-state index is 0.110. The molecule has 3 atom stereocenters. The monoisotopic (exact) mass is 677 g/mol. The number of unbranched alkanes of at least 4 members (excludes halogenated alkanes) is 20. The van der Waals surface area contributed by atoms with E-state index in [0.29, 0.717) is 38.6 Å². The molecule has 1 heterocycles. The normalized spacial score (nSPS) is 15.9. The van der Waals surface area contributed by atoms with Crippen molar-refractivity contribution in [2.45, 2.75) is 206 Å². The molecule has 0 saturated carbocycles. The van der Waals surface area contributed by atoms with Gasteiger partial charge >= 0.3 is 0 Å². The van der Waals surface area contributed by atoms with E-state index in [1.807, 2.05) is 0 Å². The van der Waals surface area contributed by atoms with Gasteiger partial charge in [0.15, 0.2) is 0 Å². The van der Waals surface area contributed by atoms with Gasteiger partial charge in [0.25, 0.3) is 0 Å². The van der Waals surface area contributed by atoms with Crippen molar-refractivity contribution in [2.75, 3.05) is 6.54 Å². The highest BCUT2D eigenvalue weighted by atomic mass is 16.2. The van der Waals surface area contributed by atoms with E-state index in [9.17, 15) is 24.0 Å². The third-order valence-electron chi connectivity index (χ3n) is 9.76. The molecule has 0 aliphatic carbocycles. The number of imide groups is 1. The van der Waals surface area contributed by atoms with Crippen LogP contribution in [0.3, 0.4) is 0 Å². The van der Waals surface area contributed by atoms with Gasteiger partial charge in [0, 0.05) is 25.3 Å². The Hall–Kier alpha value is -2.45. The van der Waals surface area contributed by atoms with Crippen molar-refractivity contribution in [2.24, 2.45) is 11.7 Å². The quantitative estimate of drug-likeness (QED) is 0.0489. The summed E-state index contributed by atoms with van der Waals surface area (Å²) in [7, 11) is 0. The Bertz CT molecular complexity index is 911. The first kappa shape index (κ1) is 43.6. The molecule has 9 heteroatoms. The summed E-state index contributed by atoms with van der Waals surface area (Å²) in [5.74, 6) is -1.54. The van der Waals surface area contributed by atoms with Crippen molar-refractivity contribution >= 4 is 29.5 Å². The van der Waals surface area contributed by atoms with Crippen molar-refractivity contribution in [3.05, 3.63) is 0 Å². The summed E-state index contributed by atoms with van der Waals surface area (Å²) in [6, 6.07) is -1.44. The fourth-order valence-corrected chi connectivity index (χ4v) is 6.58. The molecule has 5 amide bonds. The van der Waals surface area contributed by atoms with Crippen LogP contribution >= 0.6 is 0 Å². The summed E-state index contributed by atoms with van der Waals surface area (Å²) < 4.78 is 0. The summed E-state index contributed by atoms with van der Waals surface area (Å²) >= 11 is 0. The van der Waals surface area contributed by atoms with Crippen LogP contribution in [0.1, 0.15) is 194 Å². The van der Waals surface area contributed by atoms with Gasteiger partial charge in [-0.05, 0) is 25.7 Å². The molecule has 0 aromatic rings. The molecule has 1 saturated heterocycles. The summed E-state index contributed by atoms with van der Waals surface area (Å²) in [5.41, 5.74) is 5.69. The smallest absolute Gasteiger partial charge is 0.243 e. The van der Waals surface area contributed by atoms with Gasteiger partial charge in [0.1, 0.15) is 12.1 Å². The van der Waals surface area contributed by atoms with Crippen LogP contribution in [0.5, 0.6) is 0 Å². The molecule has 1 rings (SSSR count). The van der Waals surface area contributed by atoms with Crippen molar-refractivity contribution in [1.29, 1.82) is 0 Å². The topological polar surface area (TPSA) is 139 Å². The number of carbonyl (C=O) groups excluding carboxylic acids is 5. The lowest BCUT2D eigenvalue weighted by Crippen LogP contribution is -2.52. The van der Waals surface area contributed by atoms with Crippen molar-refractivity contribution < 1.29 is 24.0 Å². The number of carbonyl (C=O) groups is 5. The molecule has 48 heavy (non-hydrogen) atoms. The second-order valence-electron chi connectivity index (χ2n) is 14.3. The maximum atomic E-state index is 13.4. The number of nitrogens with one attached hydrogen (secondary N) is 2. The SMILES string of the molecule is CCCCCCCCCCCCC(NC(=O)C(CCCCCCCCCCCC)NC(=O)CCCCCN1C(=O)CC(C)C1=O)C(N)=O. The highest BCUT2D eigenvalue weighted by Gasteiger charge is 2.34. The fraction of sp³-hybridized carbons (Fsp3) is 0.872. The fourth-order valence-electron chi connectivity index (χ4n) is 6.58. The van der Waals surface area contributed by atoms with E-state index in [1.54, 1.807) is 6.92 Å². The highest BCUT2D eigenvalue weighted by Crippen LogP contribution is 2.20. The minimum atomic E-state index is -0.739. The van der Waals surface area contributed by atoms with E-state index < -0.39 is 18.0 Å². The van der Waals surface area contributed by atoms with Gasteiger partial charge in [-0.3, -0.25) is 28.9 Å². The molecule has 4 N–H and O–H groups in total. The van der Waals surface area contributed by atoms with Crippen molar-refractivity contribution in [1.82, 2.24) is 15.5 Å². The first-order chi connectivity index (χ1) is 23.2. The zero-order valence-electron chi connectivity index (χ0n) is 31.1. The van der Waals surface area contributed by atoms with Crippen LogP contribution < -0.4 is 16.4 Å². The van der Waals surface area contributed by atoms with Crippen molar-refractivity contribution in [3.8, 4) is 0 Å². The average Bonchev–Trinajstić information content (AvgIpc) is 3.30. The Labute approximate surface area is 293 Å². The van der Waals surface area contributed by atoms with E-state index in [4.69, 9.17) is 5.73 Å². The summed E-state index contributed by atoms with van der Waals surface area (Å²) in [5, 5.41) is 5.79. The van der Waals surface area contributed by atoms with E-state index >= 15 is 0 Å². The van der Waals surface area contributed by atoms with Gasteiger partial charge < -0.3 is 16.4 Å². The summed E-state index contributed by atoms with van der Waals surface area (Å²) in [6.45, 7) is 6.62. The van der Waals surface area contributed by atoms with E-state index in [0.717, 1.165) is 38.5 Å². The van der Waals surface area contributed by atoms with E-state index in [1.165, 1.54) is 94.8 Å². The molecule has 0 aromatic carbocycles. The van der Waals surface area contributed by atoms with Crippen LogP contribution in [-0.2, 0) is 24.0 Å². The second kappa shape index (κ2) is 28.4. The van der Waals surface area contributed by atoms with Gasteiger partial charge in [-0.15, -0.1) is 0 Å². The van der Waals surface area contributed by atoms with E-state index in [-0.39, 0.29) is 42.4 Å². The number of hydrogen-bond donors (Lipinski definition) is 3. The predicted molar refractivity (Wildman–Crippen MR) is 195 cm³/mol. The molecule has 9 nitrogen and oxygen atoms in total. The maximum absolute atomic E-state index is 13.4. The molecule has 1 fully saturated rings. The van der Waals surface area contributed by atoms with Crippen LogP contribution in [0.4, 0.5) is 0 Å². The molecule has 1 aliphatic heterocycles. The molecular formula is C39H72N4O5. The molecule has 278 valence electrons. The molecule has 0 aromatic heterocycles. The largest absolute Gasteiger partial charge is 0.368 e. The number of hydrogen-bond acceptors (Lipinski definition) is 5. The average molecular weight is 677 g/mol. The molecule has 0 spiro atoms. The van der Waals surface area contributed by atoms with Crippen LogP contribution in [0.15, 0.2) is 0 Å². The predicted octanol–water partition coefficient (Wildman–Crippen LogP) is 8.02.